The predicted octanol–water partition coefficient (Wildman–Crippen LogP) is 2.11. The van der Waals surface area contributed by atoms with Crippen LogP contribution in [-0.4, -0.2) is 15.2 Å². The van der Waals surface area contributed by atoms with E-state index >= 15 is 0 Å². The topological polar surface area (TPSA) is 88.1 Å². The van der Waals surface area contributed by atoms with E-state index in [0.29, 0.717) is 17.0 Å². The summed E-state index contributed by atoms with van der Waals surface area (Å²) >= 11 is 0. The second-order valence-corrected chi connectivity index (χ2v) is 3.52. The van der Waals surface area contributed by atoms with Crippen molar-refractivity contribution in [3.05, 3.63) is 30.5 Å². The molecular weight excluding hydrogens is 206 g/mol. The third kappa shape index (κ3) is 1.15. The summed E-state index contributed by atoms with van der Waals surface area (Å²) in [6.45, 7) is 0. The third-order valence-corrected chi connectivity index (χ3v) is 2.48. The van der Waals surface area contributed by atoms with Crippen molar-refractivity contribution in [2.24, 2.45) is 0 Å². The molecule has 0 saturated carbocycles. The molecule has 0 unspecified atom stereocenters. The van der Waals surface area contributed by atoms with Crippen LogP contribution in [0, 0.1) is 0 Å². The number of fused-ring (bicyclic) bond motifs is 1. The van der Waals surface area contributed by atoms with E-state index in [1.54, 1.807) is 24.4 Å². The minimum atomic E-state index is 0.198. The standard InChI is InChI=1S/C11H9N3O2/c12-10-4-9(16-14-10)6-5-13-7-2-1-3-8(15)11(6)7/h1-5,13,15H,(H2,12,14). The average molecular weight is 215 g/mol. The molecule has 3 rings (SSSR count). The van der Waals surface area contributed by atoms with Crippen LogP contribution in [0.15, 0.2) is 35.0 Å². The first-order chi connectivity index (χ1) is 7.75. The maximum Gasteiger partial charge on any atom is 0.171 e. The van der Waals surface area contributed by atoms with Crippen molar-refractivity contribution in [2.75, 3.05) is 5.73 Å². The first-order valence-corrected chi connectivity index (χ1v) is 4.77. The Kier molecular flexibility index (Phi) is 1.67. The fraction of sp³-hybridized carbons (Fsp3) is 0. The largest absolute Gasteiger partial charge is 0.507 e. The molecule has 2 aromatic heterocycles. The van der Waals surface area contributed by atoms with E-state index in [2.05, 4.69) is 10.1 Å². The van der Waals surface area contributed by atoms with Gasteiger partial charge in [0.05, 0.1) is 5.39 Å². The van der Waals surface area contributed by atoms with Crippen molar-refractivity contribution in [1.82, 2.24) is 10.1 Å². The lowest BCUT2D eigenvalue weighted by Crippen LogP contribution is -1.79. The van der Waals surface area contributed by atoms with Crippen LogP contribution >= 0.6 is 0 Å². The van der Waals surface area contributed by atoms with E-state index in [4.69, 9.17) is 10.3 Å². The Bertz CT molecular complexity index is 654. The smallest absolute Gasteiger partial charge is 0.171 e. The van der Waals surface area contributed by atoms with Gasteiger partial charge in [-0.3, -0.25) is 0 Å². The summed E-state index contributed by atoms with van der Waals surface area (Å²) in [5.74, 6) is 1.05. The van der Waals surface area contributed by atoms with Crippen LogP contribution in [0.1, 0.15) is 0 Å². The fourth-order valence-electron chi connectivity index (χ4n) is 1.78. The number of phenolic OH excluding ortho intramolecular Hbond substituents is 1. The molecule has 0 atom stereocenters. The highest BCUT2D eigenvalue weighted by atomic mass is 16.5. The maximum absolute atomic E-state index is 9.80. The number of anilines is 1. The Morgan fingerprint density at radius 3 is 3.00 bits per heavy atom. The molecule has 2 heterocycles. The summed E-state index contributed by atoms with van der Waals surface area (Å²) in [6.07, 6.45) is 1.75. The van der Waals surface area contributed by atoms with Gasteiger partial charge in [0.1, 0.15) is 5.75 Å². The molecule has 1 aromatic carbocycles. The zero-order chi connectivity index (χ0) is 11.1. The molecule has 0 spiro atoms. The molecule has 5 nitrogen and oxygen atoms in total. The van der Waals surface area contributed by atoms with Gasteiger partial charge < -0.3 is 20.3 Å². The van der Waals surface area contributed by atoms with Crippen molar-refractivity contribution in [2.45, 2.75) is 0 Å². The number of hydrogen-bond acceptors (Lipinski definition) is 4. The Balaban J connectivity index is 2.32. The molecule has 0 bridgehead atoms. The van der Waals surface area contributed by atoms with Gasteiger partial charge in [0.25, 0.3) is 0 Å². The maximum atomic E-state index is 9.80. The van der Waals surface area contributed by atoms with Gasteiger partial charge >= 0.3 is 0 Å². The Morgan fingerprint density at radius 1 is 1.38 bits per heavy atom. The number of phenols is 1. The van der Waals surface area contributed by atoms with Crippen molar-refractivity contribution < 1.29 is 9.63 Å². The fourth-order valence-corrected chi connectivity index (χ4v) is 1.78. The number of nitrogen functional groups attached to an aromatic ring is 1. The van der Waals surface area contributed by atoms with Crippen LogP contribution in [0.4, 0.5) is 5.82 Å². The first-order valence-electron chi connectivity index (χ1n) is 4.77. The quantitative estimate of drug-likeness (QED) is 0.580. The predicted molar refractivity (Wildman–Crippen MR) is 59.9 cm³/mol. The molecule has 0 saturated heterocycles. The average Bonchev–Trinajstić information content (AvgIpc) is 2.84. The summed E-state index contributed by atoms with van der Waals surface area (Å²) in [7, 11) is 0. The SMILES string of the molecule is Nc1cc(-c2c[nH]c3cccc(O)c23)on1. The molecule has 0 radical (unpaired) electrons. The molecule has 0 fully saturated rings. The van der Waals surface area contributed by atoms with Crippen LogP contribution < -0.4 is 5.73 Å². The number of aromatic amines is 1. The minimum absolute atomic E-state index is 0.198. The molecule has 4 N–H and O–H groups in total. The lowest BCUT2D eigenvalue weighted by atomic mass is 10.1. The molecule has 0 aliphatic heterocycles. The normalized spacial score (nSPS) is 11.0. The Morgan fingerprint density at radius 2 is 2.25 bits per heavy atom. The van der Waals surface area contributed by atoms with Crippen LogP contribution in [0.3, 0.4) is 0 Å². The number of nitrogens with zero attached hydrogens (tertiary/aromatic N) is 1. The van der Waals surface area contributed by atoms with Gasteiger partial charge in [0.2, 0.25) is 0 Å². The van der Waals surface area contributed by atoms with Gasteiger partial charge in [-0.2, -0.15) is 0 Å². The van der Waals surface area contributed by atoms with Gasteiger partial charge in [0.15, 0.2) is 11.6 Å². The molecule has 80 valence electrons. The van der Waals surface area contributed by atoms with Gasteiger partial charge in [-0.25, -0.2) is 0 Å². The minimum Gasteiger partial charge on any atom is -0.507 e. The second-order valence-electron chi connectivity index (χ2n) is 3.52. The molecule has 0 amide bonds. The summed E-state index contributed by atoms with van der Waals surface area (Å²) in [4.78, 5) is 3.05. The van der Waals surface area contributed by atoms with Gasteiger partial charge in [0, 0.05) is 23.3 Å². The summed E-state index contributed by atoms with van der Waals surface area (Å²) in [5.41, 5.74) is 7.07. The monoisotopic (exact) mass is 215 g/mol. The molecule has 16 heavy (non-hydrogen) atoms. The number of hydrogen-bond donors (Lipinski definition) is 3. The van der Waals surface area contributed by atoms with Crippen LogP contribution in [0.2, 0.25) is 0 Å². The van der Waals surface area contributed by atoms with Gasteiger partial charge in [-0.1, -0.05) is 11.2 Å². The molecule has 0 aliphatic carbocycles. The number of aromatic hydroxyl groups is 1. The highest BCUT2D eigenvalue weighted by Gasteiger charge is 2.13. The zero-order valence-corrected chi connectivity index (χ0v) is 8.27. The lowest BCUT2D eigenvalue weighted by molar-refractivity contribution is 0.436. The summed E-state index contributed by atoms with van der Waals surface area (Å²) < 4.78 is 5.07. The van der Waals surface area contributed by atoms with Crippen LogP contribution in [-0.2, 0) is 0 Å². The molecule has 5 heteroatoms. The number of rotatable bonds is 1. The molecule has 0 aliphatic rings. The zero-order valence-electron chi connectivity index (χ0n) is 8.27. The number of aromatic nitrogens is 2. The van der Waals surface area contributed by atoms with Crippen molar-refractivity contribution in [3.8, 4) is 17.1 Å². The van der Waals surface area contributed by atoms with Gasteiger partial charge in [-0.05, 0) is 12.1 Å². The second kappa shape index (κ2) is 3.03. The highest BCUT2D eigenvalue weighted by molar-refractivity contribution is 5.98. The van der Waals surface area contributed by atoms with E-state index in [-0.39, 0.29) is 5.75 Å². The van der Waals surface area contributed by atoms with Crippen LogP contribution in [0.25, 0.3) is 22.2 Å². The first kappa shape index (κ1) is 8.84. The van der Waals surface area contributed by atoms with E-state index in [1.807, 2.05) is 6.07 Å². The summed E-state index contributed by atoms with van der Waals surface area (Å²) in [6, 6.07) is 6.89. The number of nitrogens with one attached hydrogen (secondary N) is 1. The summed E-state index contributed by atoms with van der Waals surface area (Å²) in [5, 5.41) is 14.1. The Hall–Kier alpha value is -2.43. The molecule has 3 aromatic rings. The third-order valence-electron chi connectivity index (χ3n) is 2.48. The van der Waals surface area contributed by atoms with Gasteiger partial charge in [-0.15, -0.1) is 0 Å². The van der Waals surface area contributed by atoms with Crippen molar-refractivity contribution in [1.29, 1.82) is 0 Å². The highest BCUT2D eigenvalue weighted by Crippen LogP contribution is 2.34. The number of nitrogens with two attached hydrogens (primary N) is 1. The number of H-pyrrole nitrogens is 1. The van der Waals surface area contributed by atoms with Crippen LogP contribution in [0.5, 0.6) is 5.75 Å². The number of benzene rings is 1. The van der Waals surface area contributed by atoms with Crippen molar-refractivity contribution >= 4 is 16.7 Å². The van der Waals surface area contributed by atoms with E-state index in [0.717, 1.165) is 11.1 Å². The lowest BCUT2D eigenvalue weighted by Gasteiger charge is -1.96. The van der Waals surface area contributed by atoms with E-state index in [9.17, 15) is 5.11 Å². The Labute approximate surface area is 90.5 Å². The van der Waals surface area contributed by atoms with Crippen molar-refractivity contribution in [3.63, 3.8) is 0 Å². The van der Waals surface area contributed by atoms with E-state index < -0.39 is 0 Å². The van der Waals surface area contributed by atoms with E-state index in [1.165, 1.54) is 0 Å². The molecular formula is C11H9N3O2.